The van der Waals surface area contributed by atoms with Crippen molar-refractivity contribution in [3.8, 4) is 0 Å². The lowest BCUT2D eigenvalue weighted by atomic mass is 10.2. The Kier molecular flexibility index (Phi) is 5.75. The van der Waals surface area contributed by atoms with Crippen molar-refractivity contribution in [1.29, 1.82) is 0 Å². The fourth-order valence-corrected chi connectivity index (χ4v) is 5.86. The third-order valence-electron chi connectivity index (χ3n) is 6.51. The van der Waals surface area contributed by atoms with Crippen molar-refractivity contribution in [3.05, 3.63) is 53.4 Å². The molecule has 3 fully saturated rings. The number of imide groups is 1. The van der Waals surface area contributed by atoms with E-state index >= 15 is 0 Å². The number of hydrogen-bond donors (Lipinski definition) is 3. The Morgan fingerprint density at radius 1 is 1.05 bits per heavy atom. The number of aromatic nitrogens is 3. The summed E-state index contributed by atoms with van der Waals surface area (Å²) in [5, 5.41) is 12.4. The number of nitrogens with zero attached hydrogens (tertiary/aromatic N) is 5. The van der Waals surface area contributed by atoms with Crippen LogP contribution in [0.5, 0.6) is 0 Å². The average Bonchev–Trinajstić information content (AvgIpc) is 3.51. The number of benzene rings is 1. The standard InChI is InChI=1S/C23H22F2N8O4S/c24-14-1-4-18(16(25)10-14)38(36,37)32-7-5-31(6-8-32)19-11-20(27-15-2-3-15)33-21(29-19)13(12-26-33)9-17-22(34)30-23(35)28-17/h1,4,9-12,15,27H,2-3,5-8H2,(H2,28,30,34,35)/b17-9+. The Bertz CT molecular complexity index is 1610. The predicted octanol–water partition coefficient (Wildman–Crippen LogP) is 1.27. The van der Waals surface area contributed by atoms with Crippen LogP contribution in [-0.2, 0) is 14.8 Å². The molecule has 3 aromatic rings. The summed E-state index contributed by atoms with van der Waals surface area (Å²) in [5.74, 6) is -1.30. The SMILES string of the molecule is O=C1NC(=O)/C(=C\c2cnn3c(NC4CC4)cc(N4CCN(S(=O)(=O)c5ccc(F)cc5F)CC4)nc23)N1. The zero-order chi connectivity index (χ0) is 26.6. The summed E-state index contributed by atoms with van der Waals surface area (Å²) in [5.41, 5.74) is 1.02. The van der Waals surface area contributed by atoms with Gasteiger partial charge < -0.3 is 15.5 Å². The van der Waals surface area contributed by atoms with Gasteiger partial charge in [0.05, 0.1) is 6.20 Å². The number of hydrogen-bond acceptors (Lipinski definition) is 8. The molecule has 0 atom stereocenters. The zero-order valence-corrected chi connectivity index (χ0v) is 20.6. The molecule has 12 nitrogen and oxygen atoms in total. The highest BCUT2D eigenvalue weighted by atomic mass is 32.2. The highest BCUT2D eigenvalue weighted by Crippen LogP contribution is 2.30. The Morgan fingerprint density at radius 3 is 2.47 bits per heavy atom. The number of halogens is 2. The predicted molar refractivity (Wildman–Crippen MR) is 132 cm³/mol. The minimum absolute atomic E-state index is 0.0692. The van der Waals surface area contributed by atoms with Crippen LogP contribution in [0.2, 0.25) is 0 Å². The molecule has 0 unspecified atom stereocenters. The van der Waals surface area contributed by atoms with E-state index < -0.39 is 38.5 Å². The lowest BCUT2D eigenvalue weighted by Gasteiger charge is -2.35. The van der Waals surface area contributed by atoms with Gasteiger partial charge in [0.2, 0.25) is 10.0 Å². The van der Waals surface area contributed by atoms with Gasteiger partial charge in [-0.1, -0.05) is 0 Å². The first kappa shape index (κ1) is 24.2. The maximum Gasteiger partial charge on any atom is 0.326 e. The minimum atomic E-state index is -4.15. The van der Waals surface area contributed by atoms with E-state index in [-0.39, 0.29) is 31.9 Å². The van der Waals surface area contributed by atoms with E-state index in [4.69, 9.17) is 4.98 Å². The van der Waals surface area contributed by atoms with Crippen LogP contribution in [0.3, 0.4) is 0 Å². The Hall–Kier alpha value is -4.11. The first-order valence-corrected chi connectivity index (χ1v) is 13.3. The van der Waals surface area contributed by atoms with E-state index in [1.165, 1.54) is 12.3 Å². The van der Waals surface area contributed by atoms with Gasteiger partial charge in [-0.2, -0.15) is 13.9 Å². The molecule has 38 heavy (non-hydrogen) atoms. The fraction of sp³-hybridized carbons (Fsp3) is 0.304. The van der Waals surface area contributed by atoms with Crippen LogP contribution in [0.15, 0.2) is 41.1 Å². The normalized spacial score (nSPS) is 19.7. The molecule has 15 heteroatoms. The van der Waals surface area contributed by atoms with Gasteiger partial charge in [0.15, 0.2) is 5.65 Å². The number of fused-ring (bicyclic) bond motifs is 1. The van der Waals surface area contributed by atoms with Crippen LogP contribution in [0.1, 0.15) is 18.4 Å². The van der Waals surface area contributed by atoms with Crippen LogP contribution >= 0.6 is 0 Å². The van der Waals surface area contributed by atoms with Crippen molar-refractivity contribution >= 4 is 45.3 Å². The van der Waals surface area contributed by atoms with E-state index in [0.29, 0.717) is 35.0 Å². The summed E-state index contributed by atoms with van der Waals surface area (Å²) < 4.78 is 56.2. The number of sulfonamides is 1. The van der Waals surface area contributed by atoms with Crippen LogP contribution < -0.4 is 20.9 Å². The summed E-state index contributed by atoms with van der Waals surface area (Å²) in [6.45, 7) is 0.688. The van der Waals surface area contributed by atoms with Gasteiger partial charge in [-0.3, -0.25) is 10.1 Å². The van der Waals surface area contributed by atoms with Gasteiger partial charge in [0.25, 0.3) is 5.91 Å². The van der Waals surface area contributed by atoms with E-state index in [1.54, 1.807) is 4.52 Å². The van der Waals surface area contributed by atoms with E-state index in [2.05, 4.69) is 21.0 Å². The van der Waals surface area contributed by atoms with Crippen molar-refractivity contribution < 1.29 is 26.8 Å². The zero-order valence-electron chi connectivity index (χ0n) is 19.8. The van der Waals surface area contributed by atoms with Crippen molar-refractivity contribution in [3.63, 3.8) is 0 Å². The molecule has 0 bridgehead atoms. The second-order valence-corrected chi connectivity index (χ2v) is 11.1. The number of amides is 3. The Labute approximate surface area is 215 Å². The number of carbonyl (C=O) groups is 2. The summed E-state index contributed by atoms with van der Waals surface area (Å²) in [6.07, 6.45) is 5.05. The number of urea groups is 1. The third-order valence-corrected chi connectivity index (χ3v) is 8.44. The van der Waals surface area contributed by atoms with Crippen molar-refractivity contribution in [2.75, 3.05) is 36.4 Å². The molecule has 3 aliphatic rings. The minimum Gasteiger partial charge on any atom is -0.367 e. The van der Waals surface area contributed by atoms with Gasteiger partial charge in [-0.05, 0) is 31.1 Å². The lowest BCUT2D eigenvalue weighted by Crippen LogP contribution is -2.49. The summed E-state index contributed by atoms with van der Waals surface area (Å²) in [7, 11) is -4.15. The van der Waals surface area contributed by atoms with Crippen molar-refractivity contribution in [1.82, 2.24) is 29.5 Å². The first-order chi connectivity index (χ1) is 18.2. The van der Waals surface area contributed by atoms with E-state index in [9.17, 15) is 26.8 Å². The lowest BCUT2D eigenvalue weighted by molar-refractivity contribution is -0.115. The Balaban J connectivity index is 1.29. The number of carbonyl (C=O) groups excluding carboxylic acids is 2. The number of nitrogens with one attached hydrogen (secondary N) is 3. The van der Waals surface area contributed by atoms with Gasteiger partial charge in [0.1, 0.15) is 33.9 Å². The fourth-order valence-electron chi connectivity index (χ4n) is 4.39. The topological polar surface area (TPSA) is 141 Å². The second kappa shape index (κ2) is 9.02. The molecule has 1 aliphatic carbocycles. The van der Waals surface area contributed by atoms with Crippen LogP contribution in [0, 0.1) is 11.6 Å². The quantitative estimate of drug-likeness (QED) is 0.311. The molecule has 2 aromatic heterocycles. The van der Waals surface area contributed by atoms with Crippen LogP contribution in [0.25, 0.3) is 11.7 Å². The average molecular weight is 545 g/mol. The number of rotatable bonds is 6. The summed E-state index contributed by atoms with van der Waals surface area (Å²) >= 11 is 0. The van der Waals surface area contributed by atoms with Crippen LogP contribution in [-0.4, -0.2) is 71.5 Å². The second-order valence-electron chi connectivity index (χ2n) is 9.19. The van der Waals surface area contributed by atoms with Gasteiger partial charge in [-0.25, -0.2) is 27.0 Å². The number of piperazine rings is 1. The third kappa shape index (κ3) is 4.43. The number of anilines is 2. The molecule has 3 amide bonds. The molecule has 0 spiro atoms. The highest BCUT2D eigenvalue weighted by Gasteiger charge is 2.32. The maximum absolute atomic E-state index is 14.2. The molecule has 1 aromatic carbocycles. The van der Waals surface area contributed by atoms with Gasteiger partial charge in [0, 0.05) is 49.9 Å². The van der Waals surface area contributed by atoms with E-state index in [0.717, 1.165) is 29.3 Å². The molecule has 2 saturated heterocycles. The Morgan fingerprint density at radius 2 is 1.82 bits per heavy atom. The van der Waals surface area contributed by atoms with Gasteiger partial charge in [-0.15, -0.1) is 0 Å². The highest BCUT2D eigenvalue weighted by molar-refractivity contribution is 7.89. The monoisotopic (exact) mass is 544 g/mol. The first-order valence-electron chi connectivity index (χ1n) is 11.9. The molecular formula is C23H22F2N8O4S. The van der Waals surface area contributed by atoms with Crippen molar-refractivity contribution in [2.24, 2.45) is 0 Å². The molecule has 198 valence electrons. The maximum atomic E-state index is 14.2. The molecule has 1 saturated carbocycles. The molecular weight excluding hydrogens is 522 g/mol. The summed E-state index contributed by atoms with van der Waals surface area (Å²) in [6, 6.07) is 3.90. The van der Waals surface area contributed by atoms with Gasteiger partial charge >= 0.3 is 6.03 Å². The van der Waals surface area contributed by atoms with Crippen LogP contribution in [0.4, 0.5) is 25.2 Å². The smallest absolute Gasteiger partial charge is 0.326 e. The largest absolute Gasteiger partial charge is 0.367 e. The molecule has 6 rings (SSSR count). The molecule has 2 aliphatic heterocycles. The molecule has 3 N–H and O–H groups in total. The summed E-state index contributed by atoms with van der Waals surface area (Å²) in [4.78, 5) is 29.6. The molecule has 0 radical (unpaired) electrons. The van der Waals surface area contributed by atoms with Crippen molar-refractivity contribution in [2.45, 2.75) is 23.8 Å². The van der Waals surface area contributed by atoms with E-state index in [1.807, 2.05) is 11.0 Å². The molecule has 4 heterocycles.